The molecule has 0 radical (unpaired) electrons. The number of nitrogens with one attached hydrogen (secondary N) is 1. The van der Waals surface area contributed by atoms with Crippen LogP contribution in [0.3, 0.4) is 0 Å². The fourth-order valence-electron chi connectivity index (χ4n) is 2.19. The van der Waals surface area contributed by atoms with Crippen LogP contribution in [0.5, 0.6) is 0 Å². The average Bonchev–Trinajstić information content (AvgIpc) is 2.35. The third-order valence-electron chi connectivity index (χ3n) is 3.26. The highest BCUT2D eigenvalue weighted by molar-refractivity contribution is 5.81. The molecule has 5 nitrogen and oxygen atoms in total. The Morgan fingerprint density at radius 1 is 1.22 bits per heavy atom. The van der Waals surface area contributed by atoms with Crippen molar-refractivity contribution in [2.75, 3.05) is 13.2 Å². The first-order chi connectivity index (χ1) is 8.56. The van der Waals surface area contributed by atoms with Crippen LogP contribution in [0.25, 0.3) is 0 Å². The molecule has 0 bridgehead atoms. The van der Waals surface area contributed by atoms with Gasteiger partial charge in [0.1, 0.15) is 0 Å². The number of rotatable bonds is 6. The quantitative estimate of drug-likeness (QED) is 0.700. The fraction of sp³-hybridized carbons (Fsp3) is 0.846. The van der Waals surface area contributed by atoms with E-state index in [1.807, 2.05) is 0 Å². The number of ether oxygens (including phenoxy) is 1. The second-order valence-corrected chi connectivity index (χ2v) is 4.87. The van der Waals surface area contributed by atoms with E-state index in [9.17, 15) is 14.7 Å². The Labute approximate surface area is 108 Å². The zero-order chi connectivity index (χ0) is 13.4. The van der Waals surface area contributed by atoms with E-state index in [4.69, 9.17) is 4.74 Å². The molecule has 0 aliphatic heterocycles. The smallest absolute Gasteiger partial charge is 0.306 e. The highest BCUT2D eigenvalue weighted by atomic mass is 16.5. The van der Waals surface area contributed by atoms with Gasteiger partial charge in [-0.05, 0) is 19.8 Å². The van der Waals surface area contributed by atoms with Crippen molar-refractivity contribution in [1.29, 1.82) is 0 Å². The molecular weight excluding hydrogens is 234 g/mol. The molecule has 1 aliphatic carbocycles. The van der Waals surface area contributed by atoms with Crippen LogP contribution in [0, 0.1) is 0 Å². The number of carbonyl (C=O) groups excluding carboxylic acids is 2. The van der Waals surface area contributed by atoms with E-state index in [0.717, 1.165) is 32.1 Å². The van der Waals surface area contributed by atoms with Crippen molar-refractivity contribution in [3.8, 4) is 0 Å². The van der Waals surface area contributed by atoms with E-state index in [1.54, 1.807) is 6.92 Å². The van der Waals surface area contributed by atoms with Crippen LogP contribution in [0.4, 0.5) is 0 Å². The lowest BCUT2D eigenvalue weighted by atomic mass is 9.85. The number of hydrogen-bond donors (Lipinski definition) is 2. The van der Waals surface area contributed by atoms with Crippen LogP contribution in [0.1, 0.15) is 51.9 Å². The Kier molecular flexibility index (Phi) is 6.12. The molecule has 104 valence electrons. The summed E-state index contributed by atoms with van der Waals surface area (Å²) in [5.41, 5.74) is -0.752. The SMILES string of the molecule is CCOC(=O)CCC(=O)NCC1(O)CCCCC1. The predicted octanol–water partition coefficient (Wildman–Crippen LogP) is 1.14. The topological polar surface area (TPSA) is 75.6 Å². The highest BCUT2D eigenvalue weighted by Crippen LogP contribution is 2.27. The molecular formula is C13H23NO4. The maximum atomic E-state index is 11.5. The molecule has 0 aromatic carbocycles. The second kappa shape index (κ2) is 7.36. The Bertz CT molecular complexity index is 285. The van der Waals surface area contributed by atoms with Gasteiger partial charge < -0.3 is 15.2 Å². The van der Waals surface area contributed by atoms with Crippen LogP contribution in [0.15, 0.2) is 0 Å². The van der Waals surface area contributed by atoms with Crippen LogP contribution >= 0.6 is 0 Å². The summed E-state index contributed by atoms with van der Waals surface area (Å²) in [4.78, 5) is 22.6. The van der Waals surface area contributed by atoms with Gasteiger partial charge in [-0.15, -0.1) is 0 Å². The molecule has 1 amide bonds. The Hall–Kier alpha value is -1.10. The molecule has 1 aliphatic rings. The Balaban J connectivity index is 2.18. The maximum absolute atomic E-state index is 11.5. The van der Waals surface area contributed by atoms with Crippen molar-refractivity contribution in [2.24, 2.45) is 0 Å². The summed E-state index contributed by atoms with van der Waals surface area (Å²) in [7, 11) is 0. The number of carbonyl (C=O) groups is 2. The van der Waals surface area contributed by atoms with Gasteiger partial charge in [0.05, 0.1) is 18.6 Å². The predicted molar refractivity (Wildman–Crippen MR) is 66.9 cm³/mol. The van der Waals surface area contributed by atoms with E-state index in [2.05, 4.69) is 5.32 Å². The Morgan fingerprint density at radius 2 is 1.89 bits per heavy atom. The first-order valence-corrected chi connectivity index (χ1v) is 6.70. The molecule has 0 saturated heterocycles. The van der Waals surface area contributed by atoms with E-state index >= 15 is 0 Å². The second-order valence-electron chi connectivity index (χ2n) is 4.87. The molecule has 0 heterocycles. The van der Waals surface area contributed by atoms with Crippen molar-refractivity contribution >= 4 is 11.9 Å². The van der Waals surface area contributed by atoms with Gasteiger partial charge in [0.2, 0.25) is 5.91 Å². The molecule has 2 N–H and O–H groups in total. The molecule has 0 aromatic rings. The minimum absolute atomic E-state index is 0.0953. The lowest BCUT2D eigenvalue weighted by molar-refractivity contribution is -0.144. The summed E-state index contributed by atoms with van der Waals surface area (Å²) in [5.74, 6) is -0.564. The van der Waals surface area contributed by atoms with Gasteiger partial charge in [-0.1, -0.05) is 19.3 Å². The number of amides is 1. The minimum Gasteiger partial charge on any atom is -0.466 e. The number of aliphatic hydroxyl groups is 1. The van der Waals surface area contributed by atoms with Gasteiger partial charge >= 0.3 is 5.97 Å². The summed E-state index contributed by atoms with van der Waals surface area (Å²) >= 11 is 0. The largest absolute Gasteiger partial charge is 0.466 e. The summed E-state index contributed by atoms with van der Waals surface area (Å²) in [6, 6.07) is 0. The number of hydrogen-bond acceptors (Lipinski definition) is 4. The summed E-state index contributed by atoms with van der Waals surface area (Å²) in [6.45, 7) is 2.35. The normalized spacial score (nSPS) is 18.1. The van der Waals surface area contributed by atoms with E-state index < -0.39 is 5.60 Å². The molecule has 0 atom stereocenters. The van der Waals surface area contributed by atoms with Crippen molar-refractivity contribution in [3.05, 3.63) is 0 Å². The van der Waals surface area contributed by atoms with Crippen LogP contribution < -0.4 is 5.32 Å². The van der Waals surface area contributed by atoms with Crippen molar-refractivity contribution in [2.45, 2.75) is 57.5 Å². The highest BCUT2D eigenvalue weighted by Gasteiger charge is 2.29. The van der Waals surface area contributed by atoms with Crippen molar-refractivity contribution in [1.82, 2.24) is 5.32 Å². The van der Waals surface area contributed by atoms with Gasteiger partial charge in [-0.25, -0.2) is 0 Å². The Morgan fingerprint density at radius 3 is 2.50 bits per heavy atom. The minimum atomic E-state index is -0.752. The fourth-order valence-corrected chi connectivity index (χ4v) is 2.19. The third kappa shape index (κ3) is 5.49. The van der Waals surface area contributed by atoms with Gasteiger partial charge in [0.25, 0.3) is 0 Å². The third-order valence-corrected chi connectivity index (χ3v) is 3.26. The van der Waals surface area contributed by atoms with E-state index in [1.165, 1.54) is 0 Å². The van der Waals surface area contributed by atoms with Gasteiger partial charge in [0.15, 0.2) is 0 Å². The van der Waals surface area contributed by atoms with Gasteiger partial charge in [0, 0.05) is 13.0 Å². The van der Waals surface area contributed by atoms with Crippen LogP contribution in [-0.4, -0.2) is 35.7 Å². The standard InChI is InChI=1S/C13H23NO4/c1-2-18-12(16)7-6-11(15)14-10-13(17)8-4-3-5-9-13/h17H,2-10H2,1H3,(H,14,15). The lowest BCUT2D eigenvalue weighted by Gasteiger charge is -2.32. The van der Waals surface area contributed by atoms with E-state index in [-0.39, 0.29) is 31.3 Å². The van der Waals surface area contributed by atoms with E-state index in [0.29, 0.717) is 6.61 Å². The molecule has 0 spiro atoms. The lowest BCUT2D eigenvalue weighted by Crippen LogP contribution is -2.44. The van der Waals surface area contributed by atoms with Crippen LogP contribution in [-0.2, 0) is 14.3 Å². The molecule has 1 fully saturated rings. The number of esters is 1. The maximum Gasteiger partial charge on any atom is 0.306 e. The van der Waals surface area contributed by atoms with Crippen molar-refractivity contribution < 1.29 is 19.4 Å². The van der Waals surface area contributed by atoms with Crippen LogP contribution in [0.2, 0.25) is 0 Å². The summed E-state index contributed by atoms with van der Waals surface area (Å²) < 4.78 is 4.74. The zero-order valence-corrected chi connectivity index (χ0v) is 11.0. The first kappa shape index (κ1) is 15.0. The molecule has 0 unspecified atom stereocenters. The molecule has 1 saturated carbocycles. The van der Waals surface area contributed by atoms with Gasteiger partial charge in [-0.2, -0.15) is 0 Å². The summed E-state index contributed by atoms with van der Waals surface area (Å²) in [6.07, 6.45) is 4.87. The zero-order valence-electron chi connectivity index (χ0n) is 11.0. The van der Waals surface area contributed by atoms with Gasteiger partial charge in [-0.3, -0.25) is 9.59 Å². The molecule has 18 heavy (non-hydrogen) atoms. The summed E-state index contributed by atoms with van der Waals surface area (Å²) in [5, 5.41) is 12.9. The van der Waals surface area contributed by atoms with Crippen molar-refractivity contribution in [3.63, 3.8) is 0 Å². The average molecular weight is 257 g/mol. The first-order valence-electron chi connectivity index (χ1n) is 6.70. The molecule has 1 rings (SSSR count). The molecule has 5 heteroatoms. The molecule has 0 aromatic heterocycles. The monoisotopic (exact) mass is 257 g/mol.